The van der Waals surface area contributed by atoms with Gasteiger partial charge in [0.05, 0.1) is 10.7 Å². The van der Waals surface area contributed by atoms with Crippen molar-refractivity contribution >= 4 is 35.6 Å². The van der Waals surface area contributed by atoms with Crippen molar-refractivity contribution in [1.82, 2.24) is 5.32 Å². The molecule has 1 heterocycles. The summed E-state index contributed by atoms with van der Waals surface area (Å²) in [5, 5.41) is 6.72. The van der Waals surface area contributed by atoms with Crippen LogP contribution in [0.2, 0.25) is 5.02 Å². The Bertz CT molecular complexity index is 417. The van der Waals surface area contributed by atoms with Crippen molar-refractivity contribution in [3.8, 4) is 0 Å². The van der Waals surface area contributed by atoms with E-state index in [0.717, 1.165) is 25.1 Å². The molecule has 0 spiro atoms. The highest BCUT2D eigenvalue weighted by Gasteiger charge is 2.18. The summed E-state index contributed by atoms with van der Waals surface area (Å²) in [5.41, 5.74) is 1.79. The van der Waals surface area contributed by atoms with Crippen LogP contribution in [0.5, 0.6) is 0 Å². The largest absolute Gasteiger partial charge is 0.325 e. The van der Waals surface area contributed by atoms with E-state index in [1.807, 2.05) is 25.1 Å². The Morgan fingerprint density at radius 3 is 2.94 bits per heavy atom. The molecule has 0 radical (unpaired) electrons. The summed E-state index contributed by atoms with van der Waals surface area (Å²) < 4.78 is 0. The second-order valence-electron chi connectivity index (χ2n) is 4.59. The van der Waals surface area contributed by atoms with E-state index in [1.165, 1.54) is 0 Å². The molecule has 0 aromatic heterocycles. The van der Waals surface area contributed by atoms with Gasteiger partial charge in [-0.25, -0.2) is 0 Å². The van der Waals surface area contributed by atoms with Gasteiger partial charge in [-0.15, -0.1) is 12.4 Å². The van der Waals surface area contributed by atoms with Gasteiger partial charge in [0.25, 0.3) is 0 Å². The van der Waals surface area contributed by atoms with E-state index in [2.05, 4.69) is 10.6 Å². The Morgan fingerprint density at radius 2 is 2.33 bits per heavy atom. The third-order valence-corrected chi connectivity index (χ3v) is 3.35. The van der Waals surface area contributed by atoms with Gasteiger partial charge >= 0.3 is 0 Å². The van der Waals surface area contributed by atoms with Crippen molar-refractivity contribution in [1.29, 1.82) is 0 Å². The number of aryl methyl sites for hydroxylation is 1. The van der Waals surface area contributed by atoms with Gasteiger partial charge in [0.2, 0.25) is 5.91 Å². The van der Waals surface area contributed by atoms with E-state index in [-0.39, 0.29) is 18.3 Å². The number of hydrogen-bond acceptors (Lipinski definition) is 2. The number of anilines is 1. The second kappa shape index (κ2) is 6.98. The van der Waals surface area contributed by atoms with Gasteiger partial charge in [0.1, 0.15) is 0 Å². The Labute approximate surface area is 119 Å². The van der Waals surface area contributed by atoms with Crippen molar-refractivity contribution in [2.24, 2.45) is 5.92 Å². The van der Waals surface area contributed by atoms with E-state index < -0.39 is 0 Å². The van der Waals surface area contributed by atoms with Crippen LogP contribution in [0.25, 0.3) is 0 Å². The van der Waals surface area contributed by atoms with E-state index in [1.54, 1.807) is 0 Å². The monoisotopic (exact) mass is 288 g/mol. The fourth-order valence-electron chi connectivity index (χ4n) is 2.07. The third kappa shape index (κ3) is 4.16. The highest BCUT2D eigenvalue weighted by Crippen LogP contribution is 2.23. The first-order valence-corrected chi connectivity index (χ1v) is 6.29. The smallest absolute Gasteiger partial charge is 0.224 e. The average molecular weight is 289 g/mol. The normalized spacial score (nSPS) is 18.2. The first-order valence-electron chi connectivity index (χ1n) is 5.92. The Morgan fingerprint density at radius 1 is 1.56 bits per heavy atom. The van der Waals surface area contributed by atoms with E-state index in [4.69, 9.17) is 11.6 Å². The minimum Gasteiger partial charge on any atom is -0.325 e. The molecule has 0 saturated carbocycles. The molecule has 1 aromatic carbocycles. The second-order valence-corrected chi connectivity index (χ2v) is 5.00. The molecule has 1 amide bonds. The minimum atomic E-state index is 0. The lowest BCUT2D eigenvalue weighted by molar-refractivity contribution is -0.116. The molecule has 3 nitrogen and oxygen atoms in total. The van der Waals surface area contributed by atoms with Crippen molar-refractivity contribution in [2.75, 3.05) is 18.4 Å². The molecule has 2 rings (SSSR count). The molecule has 5 heteroatoms. The standard InChI is InChI=1S/C13H17ClN2O.ClH/c1-9-2-3-12(11(14)6-9)16-13(17)7-10-4-5-15-8-10;/h2-3,6,10,15H,4-5,7-8H2,1H3,(H,16,17);1H. The first-order chi connectivity index (χ1) is 8.15. The maximum atomic E-state index is 11.8. The molecule has 1 aromatic rings. The van der Waals surface area contributed by atoms with Gasteiger partial charge in [0.15, 0.2) is 0 Å². The molecule has 18 heavy (non-hydrogen) atoms. The van der Waals surface area contributed by atoms with Crippen LogP contribution >= 0.6 is 24.0 Å². The lowest BCUT2D eigenvalue weighted by atomic mass is 10.0. The van der Waals surface area contributed by atoms with Crippen LogP contribution in [0.4, 0.5) is 5.69 Å². The number of rotatable bonds is 3. The van der Waals surface area contributed by atoms with Crippen LogP contribution in [0, 0.1) is 12.8 Å². The zero-order chi connectivity index (χ0) is 12.3. The maximum absolute atomic E-state index is 11.8. The number of halogens is 2. The molecule has 100 valence electrons. The maximum Gasteiger partial charge on any atom is 0.224 e. The van der Waals surface area contributed by atoms with Crippen molar-refractivity contribution in [2.45, 2.75) is 19.8 Å². The van der Waals surface area contributed by atoms with Gasteiger partial charge in [-0.3, -0.25) is 4.79 Å². The van der Waals surface area contributed by atoms with E-state index in [0.29, 0.717) is 23.0 Å². The Hall–Kier alpha value is -0.770. The number of carbonyl (C=O) groups is 1. The van der Waals surface area contributed by atoms with Gasteiger partial charge < -0.3 is 10.6 Å². The summed E-state index contributed by atoms with van der Waals surface area (Å²) in [5.74, 6) is 0.503. The summed E-state index contributed by atoms with van der Waals surface area (Å²) in [6.45, 7) is 3.93. The van der Waals surface area contributed by atoms with Crippen molar-refractivity contribution in [3.05, 3.63) is 28.8 Å². The van der Waals surface area contributed by atoms with Crippen LogP contribution in [0.15, 0.2) is 18.2 Å². The molecule has 1 aliphatic rings. The molecule has 1 aliphatic heterocycles. The van der Waals surface area contributed by atoms with E-state index in [9.17, 15) is 4.79 Å². The molecule has 2 N–H and O–H groups in total. The summed E-state index contributed by atoms with van der Waals surface area (Å²) in [7, 11) is 0. The highest BCUT2D eigenvalue weighted by atomic mass is 35.5. The van der Waals surface area contributed by atoms with Crippen molar-refractivity contribution < 1.29 is 4.79 Å². The fourth-order valence-corrected chi connectivity index (χ4v) is 2.36. The van der Waals surface area contributed by atoms with Crippen LogP contribution in [-0.4, -0.2) is 19.0 Å². The zero-order valence-corrected chi connectivity index (χ0v) is 11.9. The molecule has 1 saturated heterocycles. The fraction of sp³-hybridized carbons (Fsp3) is 0.462. The van der Waals surface area contributed by atoms with Crippen LogP contribution in [0.3, 0.4) is 0 Å². The summed E-state index contributed by atoms with van der Waals surface area (Å²) in [6.07, 6.45) is 1.65. The lowest BCUT2D eigenvalue weighted by Crippen LogP contribution is -2.18. The molecule has 1 atom stereocenters. The average Bonchev–Trinajstić information content (AvgIpc) is 2.75. The Kier molecular flexibility index (Phi) is 5.93. The number of hydrogen-bond donors (Lipinski definition) is 2. The number of benzene rings is 1. The summed E-state index contributed by atoms with van der Waals surface area (Å²) in [6, 6.07) is 5.65. The van der Waals surface area contributed by atoms with Gasteiger partial charge in [0, 0.05) is 6.42 Å². The molecule has 1 unspecified atom stereocenters. The lowest BCUT2D eigenvalue weighted by Gasteiger charge is -2.10. The number of carbonyl (C=O) groups excluding carboxylic acids is 1. The number of amides is 1. The quantitative estimate of drug-likeness (QED) is 0.898. The van der Waals surface area contributed by atoms with Crippen LogP contribution < -0.4 is 10.6 Å². The highest BCUT2D eigenvalue weighted by molar-refractivity contribution is 6.33. The van der Waals surface area contributed by atoms with E-state index >= 15 is 0 Å². The zero-order valence-electron chi connectivity index (χ0n) is 10.3. The third-order valence-electron chi connectivity index (χ3n) is 3.04. The molecule has 0 bridgehead atoms. The molecule has 1 fully saturated rings. The first kappa shape index (κ1) is 15.3. The summed E-state index contributed by atoms with van der Waals surface area (Å²) in [4.78, 5) is 11.8. The predicted molar refractivity (Wildman–Crippen MR) is 77.7 cm³/mol. The topological polar surface area (TPSA) is 41.1 Å². The Balaban J connectivity index is 0.00000162. The minimum absolute atomic E-state index is 0. The number of nitrogens with one attached hydrogen (secondary N) is 2. The molecular weight excluding hydrogens is 271 g/mol. The van der Waals surface area contributed by atoms with Crippen LogP contribution in [0.1, 0.15) is 18.4 Å². The predicted octanol–water partition coefficient (Wildman–Crippen LogP) is 3.01. The van der Waals surface area contributed by atoms with Crippen LogP contribution in [-0.2, 0) is 4.79 Å². The van der Waals surface area contributed by atoms with Crippen molar-refractivity contribution in [3.63, 3.8) is 0 Å². The van der Waals surface area contributed by atoms with Gasteiger partial charge in [-0.05, 0) is 50.0 Å². The SMILES string of the molecule is Cc1ccc(NC(=O)CC2CCNC2)c(Cl)c1.Cl. The van der Waals surface area contributed by atoms with Gasteiger partial charge in [-0.2, -0.15) is 0 Å². The molecule has 0 aliphatic carbocycles. The summed E-state index contributed by atoms with van der Waals surface area (Å²) >= 11 is 6.06. The molecular formula is C13H18Cl2N2O. The van der Waals surface area contributed by atoms with Gasteiger partial charge in [-0.1, -0.05) is 17.7 Å².